The normalized spacial score (nSPS) is 12.5. The third-order valence-corrected chi connectivity index (χ3v) is 2.11. The second-order valence-corrected chi connectivity index (χ2v) is 3.20. The van der Waals surface area contributed by atoms with E-state index in [-0.39, 0.29) is 18.6 Å². The highest BCUT2D eigenvalue weighted by Gasteiger charge is 2.22. The van der Waals surface area contributed by atoms with Crippen molar-refractivity contribution in [1.29, 1.82) is 0 Å². The molecule has 0 saturated carbocycles. The second-order valence-electron chi connectivity index (χ2n) is 3.20. The average Bonchev–Trinajstić information content (AvgIpc) is 2.21. The van der Waals surface area contributed by atoms with E-state index in [2.05, 4.69) is 0 Å². The largest absolute Gasteiger partial charge is 0.396 e. The van der Waals surface area contributed by atoms with Crippen molar-refractivity contribution in [2.45, 2.75) is 12.5 Å². The minimum Gasteiger partial charge on any atom is -0.396 e. The fraction of sp³-hybridized carbons (Fsp3) is 0.333. The Hall–Kier alpha value is -1.60. The van der Waals surface area contributed by atoms with Crippen LogP contribution in [0.25, 0.3) is 0 Å². The molecule has 5 nitrogen and oxygen atoms in total. The molecule has 0 heterocycles. The van der Waals surface area contributed by atoms with Crippen molar-refractivity contribution < 1.29 is 18.8 Å². The molecule has 0 aliphatic rings. The molecule has 3 N–H and O–H groups in total. The summed E-state index contributed by atoms with van der Waals surface area (Å²) in [6, 6.07) is 0.274. The number of aliphatic hydroxyl groups excluding tert-OH is 1. The maximum Gasteiger partial charge on any atom is 0.277 e. The molecule has 7 heteroatoms. The van der Waals surface area contributed by atoms with Crippen molar-refractivity contribution in [2.24, 2.45) is 5.73 Å². The lowest BCUT2D eigenvalue weighted by molar-refractivity contribution is -0.386. The Kier molecular flexibility index (Phi) is 3.86. The van der Waals surface area contributed by atoms with Crippen LogP contribution in [-0.4, -0.2) is 16.6 Å². The lowest BCUT2D eigenvalue weighted by atomic mass is 10.0. The fourth-order valence-electron chi connectivity index (χ4n) is 1.30. The molecule has 0 aliphatic carbocycles. The van der Waals surface area contributed by atoms with E-state index in [9.17, 15) is 18.9 Å². The van der Waals surface area contributed by atoms with Gasteiger partial charge in [0.05, 0.1) is 11.0 Å². The molecule has 88 valence electrons. The molecular weight excluding hydrogens is 222 g/mol. The molecule has 0 spiro atoms. The summed E-state index contributed by atoms with van der Waals surface area (Å²) >= 11 is 0. The first-order valence-electron chi connectivity index (χ1n) is 4.47. The molecule has 16 heavy (non-hydrogen) atoms. The number of nitrogens with two attached hydrogens (primary N) is 1. The second kappa shape index (κ2) is 4.95. The van der Waals surface area contributed by atoms with Crippen LogP contribution in [0.4, 0.5) is 14.5 Å². The van der Waals surface area contributed by atoms with E-state index < -0.39 is 28.3 Å². The summed E-state index contributed by atoms with van der Waals surface area (Å²) in [7, 11) is 0. The molecular formula is C9H10F2N2O3. The van der Waals surface area contributed by atoms with Crippen LogP contribution in [-0.2, 0) is 0 Å². The molecule has 0 saturated heterocycles. The highest BCUT2D eigenvalue weighted by molar-refractivity contribution is 5.43. The minimum absolute atomic E-state index is 0.0336. The lowest BCUT2D eigenvalue weighted by Gasteiger charge is -2.10. The van der Waals surface area contributed by atoms with Gasteiger partial charge in [-0.25, -0.2) is 8.78 Å². The predicted molar refractivity (Wildman–Crippen MR) is 51.6 cm³/mol. The standard InChI is InChI=1S/C9H10F2N2O3/c10-6-3-5(8(12)1-2-14)9(13(15)16)4-7(6)11/h3-4,8,14H,1-2,12H2. The van der Waals surface area contributed by atoms with Gasteiger partial charge in [-0.3, -0.25) is 10.1 Å². The Morgan fingerprint density at radius 1 is 1.44 bits per heavy atom. The van der Waals surface area contributed by atoms with E-state index in [1.165, 1.54) is 0 Å². The Balaban J connectivity index is 3.24. The number of benzene rings is 1. The maximum atomic E-state index is 12.9. The third-order valence-electron chi connectivity index (χ3n) is 2.11. The van der Waals surface area contributed by atoms with Crippen LogP contribution in [0.2, 0.25) is 0 Å². The van der Waals surface area contributed by atoms with E-state index in [0.717, 1.165) is 0 Å². The molecule has 0 amide bonds. The van der Waals surface area contributed by atoms with Gasteiger partial charge in [-0.1, -0.05) is 0 Å². The molecule has 1 atom stereocenters. The number of halogens is 2. The Bertz CT molecular complexity index is 412. The Morgan fingerprint density at radius 2 is 2.00 bits per heavy atom. The van der Waals surface area contributed by atoms with Crippen LogP contribution in [0.3, 0.4) is 0 Å². The Morgan fingerprint density at radius 3 is 2.50 bits per heavy atom. The summed E-state index contributed by atoms with van der Waals surface area (Å²) in [6.07, 6.45) is 0.0336. The number of nitro benzene ring substituents is 1. The summed E-state index contributed by atoms with van der Waals surface area (Å²) in [5.74, 6) is -2.50. The number of hydrogen-bond donors (Lipinski definition) is 2. The first kappa shape index (κ1) is 12.5. The van der Waals surface area contributed by atoms with E-state index >= 15 is 0 Å². The monoisotopic (exact) mass is 232 g/mol. The summed E-state index contributed by atoms with van der Waals surface area (Å²) in [6.45, 7) is -0.294. The highest BCUT2D eigenvalue weighted by Crippen LogP contribution is 2.27. The molecule has 1 unspecified atom stereocenters. The molecule has 0 bridgehead atoms. The third kappa shape index (κ3) is 2.50. The maximum absolute atomic E-state index is 12.9. The van der Waals surface area contributed by atoms with Crippen LogP contribution in [0.5, 0.6) is 0 Å². The fourth-order valence-corrected chi connectivity index (χ4v) is 1.30. The van der Waals surface area contributed by atoms with Gasteiger partial charge in [0.2, 0.25) is 0 Å². The summed E-state index contributed by atoms with van der Waals surface area (Å²) in [4.78, 5) is 9.75. The number of hydrogen-bond acceptors (Lipinski definition) is 4. The van der Waals surface area contributed by atoms with Gasteiger partial charge in [-0.05, 0) is 12.5 Å². The first-order valence-corrected chi connectivity index (χ1v) is 4.47. The van der Waals surface area contributed by atoms with Gasteiger partial charge in [0.25, 0.3) is 5.69 Å². The van der Waals surface area contributed by atoms with Crippen molar-refractivity contribution in [3.63, 3.8) is 0 Å². The van der Waals surface area contributed by atoms with Gasteiger partial charge in [0, 0.05) is 18.2 Å². The van der Waals surface area contributed by atoms with Crippen molar-refractivity contribution in [2.75, 3.05) is 6.61 Å². The number of nitrogens with zero attached hydrogens (tertiary/aromatic N) is 1. The van der Waals surface area contributed by atoms with E-state index in [4.69, 9.17) is 10.8 Å². The van der Waals surface area contributed by atoms with Gasteiger partial charge in [0.15, 0.2) is 11.6 Å². The molecule has 1 aromatic carbocycles. The topological polar surface area (TPSA) is 89.4 Å². The molecule has 1 rings (SSSR count). The van der Waals surface area contributed by atoms with Crippen molar-refractivity contribution in [3.8, 4) is 0 Å². The predicted octanol–water partition coefficient (Wildman–Crippen LogP) is 1.26. The van der Waals surface area contributed by atoms with Crippen LogP contribution < -0.4 is 5.73 Å². The van der Waals surface area contributed by atoms with Gasteiger partial charge >= 0.3 is 0 Å². The van der Waals surface area contributed by atoms with Crippen LogP contribution >= 0.6 is 0 Å². The summed E-state index contributed by atoms with van der Waals surface area (Å²) < 4.78 is 25.7. The van der Waals surface area contributed by atoms with Crippen LogP contribution in [0.1, 0.15) is 18.0 Å². The number of rotatable bonds is 4. The van der Waals surface area contributed by atoms with E-state index in [1.54, 1.807) is 0 Å². The zero-order valence-electron chi connectivity index (χ0n) is 8.19. The van der Waals surface area contributed by atoms with Gasteiger partial charge < -0.3 is 10.8 Å². The van der Waals surface area contributed by atoms with Gasteiger partial charge in [-0.2, -0.15) is 0 Å². The van der Waals surface area contributed by atoms with Crippen LogP contribution in [0, 0.1) is 21.7 Å². The van der Waals surface area contributed by atoms with Crippen molar-refractivity contribution in [3.05, 3.63) is 39.4 Å². The van der Waals surface area contributed by atoms with E-state index in [1.807, 2.05) is 0 Å². The van der Waals surface area contributed by atoms with Crippen LogP contribution in [0.15, 0.2) is 12.1 Å². The smallest absolute Gasteiger partial charge is 0.277 e. The zero-order chi connectivity index (χ0) is 12.3. The molecule has 0 fully saturated rings. The molecule has 0 aromatic heterocycles. The van der Waals surface area contributed by atoms with Crippen molar-refractivity contribution >= 4 is 5.69 Å². The summed E-state index contributed by atoms with van der Waals surface area (Å²) in [5, 5.41) is 19.2. The average molecular weight is 232 g/mol. The first-order chi connectivity index (χ1) is 7.47. The number of nitro groups is 1. The Labute approximate surface area is 89.6 Å². The SMILES string of the molecule is NC(CCO)c1cc(F)c(F)cc1[N+](=O)[O-]. The summed E-state index contributed by atoms with van der Waals surface area (Å²) in [5.41, 5.74) is 4.80. The van der Waals surface area contributed by atoms with E-state index in [0.29, 0.717) is 12.1 Å². The zero-order valence-corrected chi connectivity index (χ0v) is 8.19. The van der Waals surface area contributed by atoms with Gasteiger partial charge in [-0.15, -0.1) is 0 Å². The lowest BCUT2D eigenvalue weighted by Crippen LogP contribution is -2.14. The van der Waals surface area contributed by atoms with Crippen molar-refractivity contribution in [1.82, 2.24) is 0 Å². The minimum atomic E-state index is -1.30. The highest BCUT2D eigenvalue weighted by atomic mass is 19.2. The number of aliphatic hydroxyl groups is 1. The van der Waals surface area contributed by atoms with Gasteiger partial charge in [0.1, 0.15) is 0 Å². The quantitative estimate of drug-likeness (QED) is 0.604. The molecule has 1 aromatic rings. The molecule has 0 aliphatic heterocycles. The molecule has 0 radical (unpaired) electrons.